The summed E-state index contributed by atoms with van der Waals surface area (Å²) in [6.07, 6.45) is 5.04. The maximum absolute atomic E-state index is 11.8. The van der Waals surface area contributed by atoms with E-state index in [2.05, 4.69) is 4.90 Å². The number of nitrogens with zero attached hydrogens (tertiary/aromatic N) is 1. The highest BCUT2D eigenvalue weighted by Crippen LogP contribution is 2.18. The molecule has 1 atom stereocenters. The van der Waals surface area contributed by atoms with E-state index < -0.39 is 0 Å². The van der Waals surface area contributed by atoms with Gasteiger partial charge in [0.2, 0.25) is 0 Å². The van der Waals surface area contributed by atoms with Crippen LogP contribution in [0.15, 0.2) is 17.5 Å². The van der Waals surface area contributed by atoms with Crippen LogP contribution in [0.1, 0.15) is 41.8 Å². The second-order valence-corrected chi connectivity index (χ2v) is 5.82. The SMILES string of the molecule is O=C(CCCN1CCCCC1CO)c1cccs1. The van der Waals surface area contributed by atoms with Gasteiger partial charge in [0, 0.05) is 12.5 Å². The molecule has 0 aliphatic carbocycles. The van der Waals surface area contributed by atoms with Gasteiger partial charge in [-0.05, 0) is 43.8 Å². The van der Waals surface area contributed by atoms with Crippen LogP contribution in [0.2, 0.25) is 0 Å². The van der Waals surface area contributed by atoms with Gasteiger partial charge in [-0.3, -0.25) is 9.69 Å². The molecule has 18 heavy (non-hydrogen) atoms. The number of aliphatic hydroxyl groups is 1. The highest BCUT2D eigenvalue weighted by Gasteiger charge is 2.21. The molecule has 4 heteroatoms. The molecule has 0 bridgehead atoms. The van der Waals surface area contributed by atoms with Gasteiger partial charge in [-0.25, -0.2) is 0 Å². The Labute approximate surface area is 112 Å². The number of ketones is 1. The first-order chi connectivity index (χ1) is 8.81. The quantitative estimate of drug-likeness (QED) is 0.805. The van der Waals surface area contributed by atoms with Crippen molar-refractivity contribution in [2.45, 2.75) is 38.1 Å². The van der Waals surface area contributed by atoms with Gasteiger partial charge in [-0.2, -0.15) is 0 Å². The number of piperidine rings is 1. The first-order valence-electron chi connectivity index (χ1n) is 6.73. The summed E-state index contributed by atoms with van der Waals surface area (Å²) < 4.78 is 0. The van der Waals surface area contributed by atoms with Crippen molar-refractivity contribution in [1.82, 2.24) is 4.90 Å². The summed E-state index contributed by atoms with van der Waals surface area (Å²) in [6, 6.07) is 4.13. The summed E-state index contributed by atoms with van der Waals surface area (Å²) in [4.78, 5) is 15.0. The molecule has 1 saturated heterocycles. The van der Waals surface area contributed by atoms with Crippen LogP contribution in [0.5, 0.6) is 0 Å². The highest BCUT2D eigenvalue weighted by atomic mass is 32.1. The second kappa shape index (κ2) is 7.02. The lowest BCUT2D eigenvalue weighted by molar-refractivity contribution is 0.0848. The van der Waals surface area contributed by atoms with Crippen LogP contribution >= 0.6 is 11.3 Å². The summed E-state index contributed by atoms with van der Waals surface area (Å²) in [5.41, 5.74) is 0. The van der Waals surface area contributed by atoms with E-state index in [9.17, 15) is 9.90 Å². The molecule has 3 nitrogen and oxygen atoms in total. The fourth-order valence-corrected chi connectivity index (χ4v) is 3.26. The molecule has 1 aromatic rings. The van der Waals surface area contributed by atoms with Gasteiger partial charge in [0.1, 0.15) is 0 Å². The predicted octanol–water partition coefficient (Wildman–Crippen LogP) is 2.56. The standard InChI is InChI=1S/C14H21NO2S/c16-11-12-5-1-2-8-15(12)9-3-6-13(17)14-7-4-10-18-14/h4,7,10,12,16H,1-3,5-6,8-9,11H2. The monoisotopic (exact) mass is 267 g/mol. The Morgan fingerprint density at radius 2 is 2.39 bits per heavy atom. The summed E-state index contributed by atoms with van der Waals surface area (Å²) in [5.74, 6) is 0.252. The molecule has 1 aromatic heterocycles. The molecule has 0 radical (unpaired) electrons. The van der Waals surface area contributed by atoms with Crippen molar-refractivity contribution in [1.29, 1.82) is 0 Å². The lowest BCUT2D eigenvalue weighted by Crippen LogP contribution is -2.42. The normalized spacial score (nSPS) is 21.1. The topological polar surface area (TPSA) is 40.5 Å². The Kier molecular flexibility index (Phi) is 5.35. The summed E-state index contributed by atoms with van der Waals surface area (Å²) in [6.45, 7) is 2.25. The average Bonchev–Trinajstić information content (AvgIpc) is 2.93. The van der Waals surface area contributed by atoms with Crippen molar-refractivity contribution in [2.24, 2.45) is 0 Å². The third-order valence-corrected chi connectivity index (χ3v) is 4.52. The maximum Gasteiger partial charge on any atom is 0.172 e. The molecule has 2 rings (SSSR count). The van der Waals surface area contributed by atoms with Crippen molar-refractivity contribution in [3.8, 4) is 0 Å². The highest BCUT2D eigenvalue weighted by molar-refractivity contribution is 7.12. The van der Waals surface area contributed by atoms with E-state index in [0.717, 1.165) is 30.8 Å². The zero-order valence-corrected chi connectivity index (χ0v) is 11.5. The maximum atomic E-state index is 11.8. The Bertz CT molecular complexity index is 364. The number of Topliss-reactive ketones (excluding diaryl/α,β-unsaturated/α-hetero) is 1. The fourth-order valence-electron chi connectivity index (χ4n) is 2.56. The first-order valence-corrected chi connectivity index (χ1v) is 7.61. The third kappa shape index (κ3) is 3.64. The number of thiophene rings is 1. The van der Waals surface area contributed by atoms with Gasteiger partial charge in [0.15, 0.2) is 5.78 Å². The number of likely N-dealkylation sites (tertiary alicyclic amines) is 1. The van der Waals surface area contributed by atoms with Gasteiger partial charge < -0.3 is 5.11 Å². The molecule has 1 fully saturated rings. The van der Waals surface area contributed by atoms with Crippen molar-refractivity contribution >= 4 is 17.1 Å². The van der Waals surface area contributed by atoms with Crippen LogP contribution in [-0.2, 0) is 0 Å². The Balaban J connectivity index is 1.72. The van der Waals surface area contributed by atoms with Crippen LogP contribution in [0.3, 0.4) is 0 Å². The number of carbonyl (C=O) groups excluding carboxylic acids is 1. The lowest BCUT2D eigenvalue weighted by Gasteiger charge is -2.34. The number of rotatable bonds is 6. The Morgan fingerprint density at radius 3 is 3.11 bits per heavy atom. The molecular formula is C14H21NO2S. The van der Waals surface area contributed by atoms with Crippen LogP contribution in [0, 0.1) is 0 Å². The van der Waals surface area contributed by atoms with Gasteiger partial charge >= 0.3 is 0 Å². The largest absolute Gasteiger partial charge is 0.395 e. The minimum Gasteiger partial charge on any atom is -0.395 e. The van der Waals surface area contributed by atoms with Gasteiger partial charge in [0.25, 0.3) is 0 Å². The van der Waals surface area contributed by atoms with E-state index in [-0.39, 0.29) is 12.4 Å². The van der Waals surface area contributed by atoms with Crippen LogP contribution in [-0.4, -0.2) is 41.5 Å². The van der Waals surface area contributed by atoms with E-state index in [0.29, 0.717) is 12.5 Å². The van der Waals surface area contributed by atoms with E-state index in [1.54, 1.807) is 0 Å². The van der Waals surface area contributed by atoms with Crippen molar-refractivity contribution in [3.63, 3.8) is 0 Å². The molecule has 1 N–H and O–H groups in total. The van der Waals surface area contributed by atoms with E-state index in [1.807, 2.05) is 17.5 Å². The zero-order valence-electron chi connectivity index (χ0n) is 10.7. The molecule has 0 saturated carbocycles. The van der Waals surface area contributed by atoms with Gasteiger partial charge in [0.05, 0.1) is 11.5 Å². The minimum absolute atomic E-state index is 0.249. The molecule has 0 spiro atoms. The number of hydrogen-bond donors (Lipinski definition) is 1. The van der Waals surface area contributed by atoms with Gasteiger partial charge in [-0.1, -0.05) is 12.5 Å². The van der Waals surface area contributed by atoms with Crippen molar-refractivity contribution in [2.75, 3.05) is 19.7 Å². The van der Waals surface area contributed by atoms with Crippen molar-refractivity contribution < 1.29 is 9.90 Å². The molecule has 1 aliphatic rings. The number of carbonyl (C=O) groups is 1. The molecular weight excluding hydrogens is 246 g/mol. The molecule has 0 amide bonds. The fraction of sp³-hybridized carbons (Fsp3) is 0.643. The molecule has 100 valence electrons. The number of hydrogen-bond acceptors (Lipinski definition) is 4. The summed E-state index contributed by atoms with van der Waals surface area (Å²) in [7, 11) is 0. The Morgan fingerprint density at radius 1 is 1.50 bits per heavy atom. The smallest absolute Gasteiger partial charge is 0.172 e. The first kappa shape index (κ1) is 13.7. The molecule has 1 unspecified atom stereocenters. The summed E-state index contributed by atoms with van der Waals surface area (Å²) >= 11 is 1.52. The molecule has 0 aromatic carbocycles. The number of aliphatic hydroxyl groups excluding tert-OH is 1. The average molecular weight is 267 g/mol. The van der Waals surface area contributed by atoms with Crippen LogP contribution < -0.4 is 0 Å². The van der Waals surface area contributed by atoms with E-state index in [1.165, 1.54) is 24.2 Å². The molecule has 2 heterocycles. The zero-order chi connectivity index (χ0) is 12.8. The minimum atomic E-state index is 0.249. The molecule has 1 aliphatic heterocycles. The Hall–Kier alpha value is -0.710. The van der Waals surface area contributed by atoms with Crippen LogP contribution in [0.25, 0.3) is 0 Å². The van der Waals surface area contributed by atoms with Crippen LogP contribution in [0.4, 0.5) is 0 Å². The van der Waals surface area contributed by atoms with Crippen molar-refractivity contribution in [3.05, 3.63) is 22.4 Å². The second-order valence-electron chi connectivity index (χ2n) is 4.87. The van der Waals surface area contributed by atoms with Gasteiger partial charge in [-0.15, -0.1) is 11.3 Å². The third-order valence-electron chi connectivity index (χ3n) is 3.60. The summed E-state index contributed by atoms with van der Waals surface area (Å²) in [5, 5.41) is 11.3. The predicted molar refractivity (Wildman–Crippen MR) is 74.2 cm³/mol. The van der Waals surface area contributed by atoms with E-state index in [4.69, 9.17) is 0 Å². The van der Waals surface area contributed by atoms with E-state index >= 15 is 0 Å². The lowest BCUT2D eigenvalue weighted by atomic mass is 10.0.